The van der Waals surface area contributed by atoms with Gasteiger partial charge in [-0.25, -0.2) is 4.79 Å². The number of carbonyl (C=O) groups is 2. The van der Waals surface area contributed by atoms with E-state index in [0.717, 1.165) is 63.7 Å². The van der Waals surface area contributed by atoms with Gasteiger partial charge < -0.3 is 19.6 Å². The van der Waals surface area contributed by atoms with Crippen molar-refractivity contribution >= 4 is 58.7 Å². The van der Waals surface area contributed by atoms with Crippen LogP contribution in [0.2, 0.25) is 0 Å². The van der Waals surface area contributed by atoms with Gasteiger partial charge in [0.25, 0.3) is 6.47 Å². The molecule has 0 bridgehead atoms. The number of benzene rings is 6. The van der Waals surface area contributed by atoms with Crippen molar-refractivity contribution in [2.24, 2.45) is 0 Å². The smallest absolute Gasteiger partial charge is 0.348 e. The second kappa shape index (κ2) is 32.6. The Balaban J connectivity index is 1.19. The molecule has 1 N–H and O–H groups in total. The fraction of sp³-hybridized carbons (Fsp3) is 0.353. The molecule has 0 aliphatic rings. The van der Waals surface area contributed by atoms with Gasteiger partial charge in [0, 0.05) is 34.1 Å². The van der Waals surface area contributed by atoms with Crippen molar-refractivity contribution in [1.29, 1.82) is 5.26 Å². The number of unbranched alkanes of at least 4 members (excludes halogenated alkanes) is 18. The Morgan fingerprint density at radius 3 is 1.09 bits per heavy atom. The van der Waals surface area contributed by atoms with Crippen LogP contribution < -0.4 is 9.80 Å². The van der Waals surface area contributed by atoms with Crippen LogP contribution in [0.25, 0.3) is 28.1 Å². The molecular weight excluding hydrogens is 937 g/mol. The van der Waals surface area contributed by atoms with Gasteiger partial charge in [-0.3, -0.25) is 4.79 Å². The van der Waals surface area contributed by atoms with E-state index in [0.29, 0.717) is 5.56 Å². The lowest BCUT2D eigenvalue weighted by Crippen LogP contribution is -2.10. The number of carboxylic acids is 1. The topological polar surface area (TPSA) is 98.2 Å². The van der Waals surface area contributed by atoms with Crippen molar-refractivity contribution in [1.82, 2.24) is 0 Å². The highest BCUT2D eigenvalue weighted by Gasteiger charge is 2.16. The van der Waals surface area contributed by atoms with E-state index in [1.807, 2.05) is 48.5 Å². The summed E-state index contributed by atoms with van der Waals surface area (Å²) < 4.78 is 4.84. The molecule has 0 unspecified atom stereocenters. The van der Waals surface area contributed by atoms with Crippen molar-refractivity contribution in [2.75, 3.05) is 9.80 Å². The van der Waals surface area contributed by atoms with E-state index in [-0.39, 0.29) is 17.9 Å². The molecule has 0 atom stereocenters. The predicted octanol–water partition coefficient (Wildman–Crippen LogP) is 19.6. The quantitative estimate of drug-likeness (QED) is 0.0107. The normalized spacial score (nSPS) is 11.4. The van der Waals surface area contributed by atoms with Crippen LogP contribution in [0.5, 0.6) is 0 Å². The summed E-state index contributed by atoms with van der Waals surface area (Å²) in [6.45, 7) is 12.2. The second-order valence-corrected chi connectivity index (χ2v) is 19.9. The third-order valence-electron chi connectivity index (χ3n) is 14.1. The molecule has 6 aromatic carbocycles. The number of carboxylic acid groups (broad SMARTS) is 1. The van der Waals surface area contributed by atoms with E-state index in [2.05, 4.69) is 126 Å². The summed E-state index contributed by atoms with van der Waals surface area (Å²) in [5, 5.41) is 18.9. The standard InChI is InChI=1S/C68H78N4O4/c1-4-6-8-10-12-14-16-18-20-22-24-54-26-38-61(39-27-54)71(63-42-30-56(31-43-63)50-60(52-69)68(74)75)65-46-34-58(35-47-65)59-36-48-66(49-37-59)72(64-44-32-57(33-45-64)51-67(70-3)76-53-73)62-40-28-55(29-41-62)25-23-21-19-17-15-13-11-9-7-5-2/h26-51,53H,4-25H2,1-2H3,(H,74,75)/b60-50+,67-51-. The molecule has 8 nitrogen and oxygen atoms in total. The van der Waals surface area contributed by atoms with Crippen molar-refractivity contribution < 1.29 is 19.4 Å². The molecule has 0 aliphatic heterocycles. The van der Waals surface area contributed by atoms with E-state index in [4.69, 9.17) is 11.3 Å². The number of hydrogen-bond acceptors (Lipinski definition) is 6. The molecule has 6 aromatic rings. The minimum atomic E-state index is -1.25. The van der Waals surface area contributed by atoms with Gasteiger partial charge >= 0.3 is 11.9 Å². The Bertz CT molecular complexity index is 2800. The summed E-state index contributed by atoms with van der Waals surface area (Å²) in [6.07, 6.45) is 31.4. The van der Waals surface area contributed by atoms with E-state index in [9.17, 15) is 20.0 Å². The fourth-order valence-electron chi connectivity index (χ4n) is 9.79. The molecule has 0 aliphatic carbocycles. The summed E-state index contributed by atoms with van der Waals surface area (Å²) in [6, 6.07) is 52.1. The number of aryl methyl sites for hydroxylation is 2. The summed E-state index contributed by atoms with van der Waals surface area (Å²) in [5.41, 5.74) is 11.7. The van der Waals surface area contributed by atoms with Gasteiger partial charge in [0.05, 0.1) is 6.57 Å². The zero-order valence-corrected chi connectivity index (χ0v) is 45.1. The lowest BCUT2D eigenvalue weighted by atomic mass is 10.0. The van der Waals surface area contributed by atoms with Crippen LogP contribution in [0, 0.1) is 17.9 Å². The molecule has 0 radical (unpaired) electrons. The fourth-order valence-corrected chi connectivity index (χ4v) is 9.79. The third-order valence-corrected chi connectivity index (χ3v) is 14.1. The molecule has 0 saturated carbocycles. The maximum Gasteiger partial charge on any atom is 0.348 e. The minimum Gasteiger partial charge on any atom is -0.477 e. The first-order valence-electron chi connectivity index (χ1n) is 28.1. The lowest BCUT2D eigenvalue weighted by Gasteiger charge is -2.26. The van der Waals surface area contributed by atoms with Crippen LogP contribution in [-0.4, -0.2) is 17.5 Å². The zero-order chi connectivity index (χ0) is 53.6. The lowest BCUT2D eigenvalue weighted by molar-refractivity contribution is -0.132. The summed E-state index contributed by atoms with van der Waals surface area (Å²) in [7, 11) is 0. The maximum absolute atomic E-state index is 11.6. The van der Waals surface area contributed by atoms with Crippen molar-refractivity contribution in [3.8, 4) is 17.2 Å². The number of hydrogen-bond donors (Lipinski definition) is 1. The van der Waals surface area contributed by atoms with Crippen LogP contribution in [0.3, 0.4) is 0 Å². The molecule has 8 heteroatoms. The first-order valence-corrected chi connectivity index (χ1v) is 28.1. The monoisotopic (exact) mass is 1010 g/mol. The largest absolute Gasteiger partial charge is 0.477 e. The predicted molar refractivity (Wildman–Crippen MR) is 315 cm³/mol. The molecule has 0 spiro atoms. The van der Waals surface area contributed by atoms with Crippen molar-refractivity contribution in [3.05, 3.63) is 191 Å². The highest BCUT2D eigenvalue weighted by molar-refractivity contribution is 5.96. The number of carbonyl (C=O) groups excluding carboxylic acids is 1. The van der Waals surface area contributed by atoms with E-state index < -0.39 is 5.97 Å². The van der Waals surface area contributed by atoms with Crippen LogP contribution in [0.1, 0.15) is 165 Å². The SMILES string of the molecule is [C-]#[N+]/C(=C/c1ccc(N(c2ccc(CCCCCCCCCCCC)cc2)c2ccc(-c3ccc(N(c4ccc(/C=C(\C#N)C(=O)O)cc4)c4ccc(CCCCCCCCCCCC)cc4)cc3)cc2)cc1)OC=O. The highest BCUT2D eigenvalue weighted by atomic mass is 16.5. The average molecular weight is 1020 g/mol. The van der Waals surface area contributed by atoms with Crippen LogP contribution in [0.15, 0.2) is 157 Å². The number of nitriles is 1. The van der Waals surface area contributed by atoms with Gasteiger partial charge in [-0.05, 0) is 144 Å². The van der Waals surface area contributed by atoms with E-state index in [1.165, 1.54) is 146 Å². The highest BCUT2D eigenvalue weighted by Crippen LogP contribution is 2.39. The van der Waals surface area contributed by atoms with Crippen LogP contribution >= 0.6 is 0 Å². The van der Waals surface area contributed by atoms with Crippen LogP contribution in [-0.2, 0) is 27.2 Å². The molecule has 6 rings (SSSR count). The first-order chi connectivity index (χ1) is 37.3. The summed E-state index contributed by atoms with van der Waals surface area (Å²) in [4.78, 5) is 30.3. The zero-order valence-electron chi connectivity index (χ0n) is 45.1. The Kier molecular flexibility index (Phi) is 24.7. The molecule has 0 aromatic heterocycles. The van der Waals surface area contributed by atoms with Gasteiger partial charge in [-0.1, -0.05) is 202 Å². The van der Waals surface area contributed by atoms with Gasteiger partial charge in [-0.15, -0.1) is 0 Å². The molecule has 0 heterocycles. The number of aliphatic carboxylic acids is 1. The van der Waals surface area contributed by atoms with Crippen LogP contribution in [0.4, 0.5) is 34.1 Å². The molecular formula is C68H78N4O4. The number of rotatable bonds is 34. The Morgan fingerprint density at radius 1 is 0.487 bits per heavy atom. The van der Waals surface area contributed by atoms with Crippen molar-refractivity contribution in [2.45, 2.75) is 155 Å². The summed E-state index contributed by atoms with van der Waals surface area (Å²) >= 11 is 0. The number of anilines is 6. The molecule has 0 fully saturated rings. The second-order valence-electron chi connectivity index (χ2n) is 19.9. The Hall–Kier alpha value is -7.68. The molecule has 76 heavy (non-hydrogen) atoms. The maximum atomic E-state index is 11.6. The minimum absolute atomic E-state index is 0.0881. The molecule has 0 amide bonds. The van der Waals surface area contributed by atoms with Gasteiger partial charge in [-0.2, -0.15) is 10.1 Å². The Labute approximate surface area is 454 Å². The number of ether oxygens (including phenoxy) is 1. The molecule has 0 saturated heterocycles. The average Bonchev–Trinajstić information content (AvgIpc) is 3.46. The van der Waals surface area contributed by atoms with E-state index in [1.54, 1.807) is 12.1 Å². The summed E-state index contributed by atoms with van der Waals surface area (Å²) in [5.74, 6) is -1.34. The number of nitrogens with zero attached hydrogens (tertiary/aromatic N) is 4. The third kappa shape index (κ3) is 18.6. The van der Waals surface area contributed by atoms with Gasteiger partial charge in [0.2, 0.25) is 0 Å². The first kappa shape index (κ1) is 57.6. The van der Waals surface area contributed by atoms with Crippen molar-refractivity contribution in [3.63, 3.8) is 0 Å². The van der Waals surface area contributed by atoms with Gasteiger partial charge in [0.1, 0.15) is 11.6 Å². The molecule has 394 valence electrons. The van der Waals surface area contributed by atoms with Gasteiger partial charge in [0.15, 0.2) is 0 Å². The van der Waals surface area contributed by atoms with E-state index >= 15 is 0 Å². The Morgan fingerprint density at radius 2 is 0.789 bits per heavy atom.